The number of anilines is 2. The molecule has 3 aromatic carbocycles. The molecule has 0 fully saturated rings. The van der Waals surface area contributed by atoms with Crippen LogP contribution in [-0.4, -0.2) is 19.1 Å². The predicted octanol–water partition coefficient (Wildman–Crippen LogP) is 6.06. The summed E-state index contributed by atoms with van der Waals surface area (Å²) >= 11 is 12.1. The lowest BCUT2D eigenvalue weighted by Gasteiger charge is -2.13. The van der Waals surface area contributed by atoms with Crippen molar-refractivity contribution in [2.24, 2.45) is 0 Å². The second-order valence-electron chi connectivity index (χ2n) is 6.46. The van der Waals surface area contributed by atoms with Crippen molar-refractivity contribution in [3.63, 3.8) is 0 Å². The molecule has 3 aromatic rings. The molecular formula is C23H22Cl2N2O2. The quantitative estimate of drug-likeness (QED) is 0.407. The van der Waals surface area contributed by atoms with Gasteiger partial charge in [-0.2, -0.15) is 0 Å². The zero-order valence-corrected chi connectivity index (χ0v) is 17.3. The van der Waals surface area contributed by atoms with Crippen molar-refractivity contribution in [2.45, 2.75) is 12.8 Å². The highest BCUT2D eigenvalue weighted by atomic mass is 35.5. The van der Waals surface area contributed by atoms with Crippen LogP contribution in [0, 0.1) is 0 Å². The topological polar surface area (TPSA) is 50.4 Å². The van der Waals surface area contributed by atoms with Gasteiger partial charge in [0.05, 0.1) is 29.5 Å². The lowest BCUT2D eigenvalue weighted by molar-refractivity contribution is -0.114. The fourth-order valence-corrected chi connectivity index (χ4v) is 3.16. The predicted molar refractivity (Wildman–Crippen MR) is 120 cm³/mol. The minimum Gasteiger partial charge on any atom is -0.491 e. The van der Waals surface area contributed by atoms with E-state index < -0.39 is 0 Å². The number of para-hydroxylation sites is 2. The number of carbonyl (C=O) groups is 1. The molecule has 0 spiro atoms. The Morgan fingerprint density at radius 1 is 0.897 bits per heavy atom. The Morgan fingerprint density at radius 2 is 1.66 bits per heavy atom. The summed E-state index contributed by atoms with van der Waals surface area (Å²) in [7, 11) is 0. The summed E-state index contributed by atoms with van der Waals surface area (Å²) in [6.45, 7) is 0.626. The highest BCUT2D eigenvalue weighted by Crippen LogP contribution is 2.26. The van der Waals surface area contributed by atoms with Gasteiger partial charge in [-0.25, -0.2) is 0 Å². The summed E-state index contributed by atoms with van der Waals surface area (Å²) in [4.78, 5) is 12.3. The first kappa shape index (κ1) is 21.0. The average Bonchev–Trinajstić information content (AvgIpc) is 2.74. The fourth-order valence-electron chi connectivity index (χ4n) is 2.80. The van der Waals surface area contributed by atoms with E-state index in [1.807, 2.05) is 42.5 Å². The lowest BCUT2D eigenvalue weighted by Crippen LogP contribution is -2.22. The van der Waals surface area contributed by atoms with E-state index in [0.29, 0.717) is 33.8 Å². The van der Waals surface area contributed by atoms with Crippen LogP contribution in [0.5, 0.6) is 5.75 Å². The normalized spacial score (nSPS) is 10.4. The van der Waals surface area contributed by atoms with Crippen LogP contribution in [-0.2, 0) is 11.2 Å². The Kier molecular flexibility index (Phi) is 7.79. The first-order valence-electron chi connectivity index (χ1n) is 9.36. The van der Waals surface area contributed by atoms with E-state index in [2.05, 4.69) is 22.8 Å². The molecule has 0 saturated carbocycles. The van der Waals surface area contributed by atoms with Crippen LogP contribution in [0.3, 0.4) is 0 Å². The molecule has 4 nitrogen and oxygen atoms in total. The smallest absolute Gasteiger partial charge is 0.243 e. The van der Waals surface area contributed by atoms with E-state index in [0.717, 1.165) is 12.8 Å². The number of hydrogen-bond acceptors (Lipinski definition) is 3. The number of benzene rings is 3. The van der Waals surface area contributed by atoms with Gasteiger partial charge in [-0.3, -0.25) is 4.79 Å². The van der Waals surface area contributed by atoms with Crippen molar-refractivity contribution >= 4 is 40.5 Å². The Bertz CT molecular complexity index is 949. The van der Waals surface area contributed by atoms with Crippen molar-refractivity contribution in [1.29, 1.82) is 0 Å². The number of nitrogens with one attached hydrogen (secondary N) is 2. The Balaban J connectivity index is 1.50. The van der Waals surface area contributed by atoms with Gasteiger partial charge in [-0.05, 0) is 48.7 Å². The standard InChI is InChI=1S/C23H22Cl2N2O2/c24-18-12-13-19(25)21(15-18)26-16-23(28)27-20-10-4-5-11-22(20)29-14-6-9-17-7-2-1-3-8-17/h1-5,7-8,10-13,15,26H,6,9,14,16H2,(H,27,28). The molecule has 2 N–H and O–H groups in total. The average molecular weight is 429 g/mol. The molecule has 6 heteroatoms. The molecule has 0 aliphatic carbocycles. The van der Waals surface area contributed by atoms with Gasteiger partial charge < -0.3 is 15.4 Å². The molecule has 0 unspecified atom stereocenters. The van der Waals surface area contributed by atoms with Crippen LogP contribution >= 0.6 is 23.2 Å². The van der Waals surface area contributed by atoms with Gasteiger partial charge in [0.2, 0.25) is 5.91 Å². The maximum Gasteiger partial charge on any atom is 0.243 e. The molecule has 0 aliphatic rings. The van der Waals surface area contributed by atoms with Crippen LogP contribution in [0.2, 0.25) is 10.0 Å². The van der Waals surface area contributed by atoms with Crippen molar-refractivity contribution in [3.05, 3.63) is 88.4 Å². The molecule has 0 aromatic heterocycles. The summed E-state index contributed by atoms with van der Waals surface area (Å²) in [6.07, 6.45) is 1.83. The summed E-state index contributed by atoms with van der Waals surface area (Å²) in [5.74, 6) is 0.441. The van der Waals surface area contributed by atoms with Gasteiger partial charge in [0.15, 0.2) is 0 Å². The molecular weight excluding hydrogens is 407 g/mol. The molecule has 0 aliphatic heterocycles. The van der Waals surface area contributed by atoms with Crippen LogP contribution in [0.25, 0.3) is 0 Å². The van der Waals surface area contributed by atoms with E-state index in [1.54, 1.807) is 18.2 Å². The van der Waals surface area contributed by atoms with Gasteiger partial charge in [0, 0.05) is 5.02 Å². The summed E-state index contributed by atoms with van der Waals surface area (Å²) in [5.41, 5.74) is 2.53. The molecule has 0 bridgehead atoms. The second-order valence-corrected chi connectivity index (χ2v) is 7.30. The van der Waals surface area contributed by atoms with E-state index in [1.165, 1.54) is 5.56 Å². The number of halogens is 2. The van der Waals surface area contributed by atoms with E-state index in [-0.39, 0.29) is 12.5 Å². The fraction of sp³-hybridized carbons (Fsp3) is 0.174. The molecule has 0 atom stereocenters. The molecule has 1 amide bonds. The van der Waals surface area contributed by atoms with E-state index in [9.17, 15) is 4.79 Å². The van der Waals surface area contributed by atoms with Crippen molar-refractivity contribution in [1.82, 2.24) is 0 Å². The minimum atomic E-state index is -0.207. The first-order valence-corrected chi connectivity index (χ1v) is 10.1. The third-order valence-electron chi connectivity index (χ3n) is 4.24. The van der Waals surface area contributed by atoms with E-state index in [4.69, 9.17) is 27.9 Å². The number of carbonyl (C=O) groups excluding carboxylic acids is 1. The summed E-state index contributed by atoms with van der Waals surface area (Å²) in [5, 5.41) is 6.92. The number of amides is 1. The van der Waals surface area contributed by atoms with Gasteiger partial charge in [0.25, 0.3) is 0 Å². The molecule has 3 rings (SSSR count). The molecule has 29 heavy (non-hydrogen) atoms. The third kappa shape index (κ3) is 6.70. The van der Waals surface area contributed by atoms with Crippen molar-refractivity contribution in [2.75, 3.05) is 23.8 Å². The first-order chi connectivity index (χ1) is 14.1. The molecule has 150 valence electrons. The van der Waals surface area contributed by atoms with Crippen molar-refractivity contribution < 1.29 is 9.53 Å². The maximum atomic E-state index is 12.3. The Hall–Kier alpha value is -2.69. The lowest BCUT2D eigenvalue weighted by atomic mass is 10.1. The van der Waals surface area contributed by atoms with Gasteiger partial charge >= 0.3 is 0 Å². The highest BCUT2D eigenvalue weighted by molar-refractivity contribution is 6.35. The van der Waals surface area contributed by atoms with Crippen molar-refractivity contribution in [3.8, 4) is 5.75 Å². The van der Waals surface area contributed by atoms with Crippen LogP contribution < -0.4 is 15.4 Å². The summed E-state index contributed by atoms with van der Waals surface area (Å²) in [6, 6.07) is 22.7. The SMILES string of the molecule is O=C(CNc1cc(Cl)ccc1Cl)Nc1ccccc1OCCCc1ccccc1. The van der Waals surface area contributed by atoms with Crippen LogP contribution in [0.15, 0.2) is 72.8 Å². The summed E-state index contributed by atoms with van der Waals surface area (Å²) < 4.78 is 5.88. The van der Waals surface area contributed by atoms with Gasteiger partial charge in [0.1, 0.15) is 5.75 Å². The maximum absolute atomic E-state index is 12.3. The molecule has 0 heterocycles. The van der Waals surface area contributed by atoms with E-state index >= 15 is 0 Å². The number of aryl methyl sites for hydroxylation is 1. The zero-order valence-electron chi connectivity index (χ0n) is 15.8. The number of rotatable bonds is 9. The van der Waals surface area contributed by atoms with Crippen LogP contribution in [0.4, 0.5) is 11.4 Å². The molecule has 0 radical (unpaired) electrons. The van der Waals surface area contributed by atoms with Gasteiger partial charge in [-0.1, -0.05) is 65.7 Å². The second kappa shape index (κ2) is 10.7. The monoisotopic (exact) mass is 428 g/mol. The zero-order chi connectivity index (χ0) is 20.5. The number of hydrogen-bond donors (Lipinski definition) is 2. The number of ether oxygens (including phenoxy) is 1. The minimum absolute atomic E-state index is 0.0579. The largest absolute Gasteiger partial charge is 0.491 e. The Labute approximate surface area is 180 Å². The third-order valence-corrected chi connectivity index (χ3v) is 4.80. The van der Waals surface area contributed by atoms with Gasteiger partial charge in [-0.15, -0.1) is 0 Å². The molecule has 0 saturated heterocycles. The Morgan fingerprint density at radius 3 is 2.48 bits per heavy atom. The van der Waals surface area contributed by atoms with Crippen LogP contribution in [0.1, 0.15) is 12.0 Å². The highest BCUT2D eigenvalue weighted by Gasteiger charge is 2.09.